The van der Waals surface area contributed by atoms with E-state index in [1.165, 1.54) is 5.57 Å². The summed E-state index contributed by atoms with van der Waals surface area (Å²) >= 11 is 0. The third-order valence-electron chi connectivity index (χ3n) is 5.54. The first kappa shape index (κ1) is 11.6. The maximum absolute atomic E-state index is 12.7. The van der Waals surface area contributed by atoms with Gasteiger partial charge in [0.05, 0.1) is 25.0 Å². The second-order valence-electron chi connectivity index (χ2n) is 6.20. The largest absolute Gasteiger partial charge is 0.466 e. The van der Waals surface area contributed by atoms with Crippen molar-refractivity contribution in [3.05, 3.63) is 11.6 Å². The summed E-state index contributed by atoms with van der Waals surface area (Å²) in [6, 6.07) is 0. The number of allylic oxidation sites excluding steroid dienone is 1. The van der Waals surface area contributed by atoms with Crippen LogP contribution in [-0.2, 0) is 19.1 Å². The molecule has 4 aliphatic carbocycles. The molecule has 0 amide bonds. The zero-order valence-electron chi connectivity index (χ0n) is 11.1. The normalized spacial score (nSPS) is 46.2. The Kier molecular flexibility index (Phi) is 2.13. The molecule has 1 saturated heterocycles. The van der Waals surface area contributed by atoms with Gasteiger partial charge in [0, 0.05) is 5.41 Å². The van der Waals surface area contributed by atoms with Crippen molar-refractivity contribution in [1.29, 1.82) is 0 Å². The summed E-state index contributed by atoms with van der Waals surface area (Å²) < 4.78 is 10.8. The van der Waals surface area contributed by atoms with Gasteiger partial charge in [-0.25, -0.2) is 0 Å². The molecule has 1 heterocycles. The predicted molar refractivity (Wildman–Crippen MR) is 66.3 cm³/mol. The van der Waals surface area contributed by atoms with E-state index in [-0.39, 0.29) is 29.0 Å². The lowest BCUT2D eigenvalue weighted by Gasteiger charge is -2.49. The van der Waals surface area contributed by atoms with E-state index in [1.54, 1.807) is 6.92 Å². The van der Waals surface area contributed by atoms with E-state index in [1.807, 2.05) is 0 Å². The fourth-order valence-corrected chi connectivity index (χ4v) is 4.65. The number of ether oxygens (including phenoxy) is 2. The van der Waals surface area contributed by atoms with Crippen LogP contribution in [0.25, 0.3) is 0 Å². The summed E-state index contributed by atoms with van der Waals surface area (Å²) in [6.07, 6.45) is 5.95. The van der Waals surface area contributed by atoms with E-state index in [2.05, 4.69) is 6.08 Å². The fourth-order valence-electron chi connectivity index (χ4n) is 4.65. The topological polar surface area (TPSA) is 55.9 Å². The van der Waals surface area contributed by atoms with Crippen molar-refractivity contribution >= 4 is 11.8 Å². The molecule has 0 aromatic heterocycles. The number of rotatable bonds is 2. The molecule has 5 aliphatic rings. The van der Waals surface area contributed by atoms with Crippen molar-refractivity contribution < 1.29 is 19.1 Å². The molecule has 3 fully saturated rings. The molecule has 4 atom stereocenters. The third kappa shape index (κ3) is 1.19. The van der Waals surface area contributed by atoms with Crippen LogP contribution in [0.4, 0.5) is 0 Å². The van der Waals surface area contributed by atoms with Crippen LogP contribution in [0.2, 0.25) is 0 Å². The molecule has 0 radical (unpaired) electrons. The number of esters is 1. The number of carbonyl (C=O) groups excluding carboxylic acids is 2. The van der Waals surface area contributed by atoms with Crippen molar-refractivity contribution in [3.63, 3.8) is 0 Å². The lowest BCUT2D eigenvalue weighted by molar-refractivity contribution is -0.160. The van der Waals surface area contributed by atoms with Gasteiger partial charge in [-0.2, -0.15) is 0 Å². The Morgan fingerprint density at radius 1 is 1.58 bits per heavy atom. The van der Waals surface area contributed by atoms with Gasteiger partial charge in [-0.3, -0.25) is 9.59 Å². The van der Waals surface area contributed by atoms with Crippen molar-refractivity contribution in [2.75, 3.05) is 13.2 Å². The summed E-state index contributed by atoms with van der Waals surface area (Å²) in [5.74, 6) is -0.680. The number of hydrogen-bond donors (Lipinski definition) is 0. The summed E-state index contributed by atoms with van der Waals surface area (Å²) in [5, 5.41) is 0. The molecule has 0 N–H and O–H groups in total. The van der Waals surface area contributed by atoms with Gasteiger partial charge in [0.2, 0.25) is 0 Å². The molecule has 2 saturated carbocycles. The molecule has 4 nitrogen and oxygen atoms in total. The van der Waals surface area contributed by atoms with Gasteiger partial charge in [0.1, 0.15) is 0 Å². The average molecular weight is 262 g/mol. The van der Waals surface area contributed by atoms with E-state index in [9.17, 15) is 9.59 Å². The molecular formula is C15H18O4. The second-order valence-corrected chi connectivity index (χ2v) is 6.20. The van der Waals surface area contributed by atoms with Gasteiger partial charge in [-0.05, 0) is 32.6 Å². The van der Waals surface area contributed by atoms with Crippen molar-refractivity contribution in [1.82, 2.24) is 0 Å². The van der Waals surface area contributed by atoms with E-state index >= 15 is 0 Å². The first-order chi connectivity index (χ1) is 9.14. The zero-order valence-corrected chi connectivity index (χ0v) is 11.1. The van der Waals surface area contributed by atoms with E-state index in [0.29, 0.717) is 13.2 Å². The quantitative estimate of drug-likeness (QED) is 0.431. The van der Waals surface area contributed by atoms with Crippen molar-refractivity contribution in [2.45, 2.75) is 38.2 Å². The molecule has 2 spiro atoms. The fraction of sp³-hybridized carbons (Fsp3) is 0.733. The van der Waals surface area contributed by atoms with Crippen LogP contribution in [0.1, 0.15) is 32.6 Å². The lowest BCUT2D eigenvalue weighted by atomic mass is 9.51. The minimum atomic E-state index is -0.568. The summed E-state index contributed by atoms with van der Waals surface area (Å²) in [5.41, 5.74) is 0.618. The van der Waals surface area contributed by atoms with Gasteiger partial charge in [-0.15, -0.1) is 0 Å². The molecular weight excluding hydrogens is 244 g/mol. The monoisotopic (exact) mass is 262 g/mol. The second kappa shape index (κ2) is 3.48. The number of hydrogen-bond acceptors (Lipinski definition) is 4. The van der Waals surface area contributed by atoms with E-state index in [4.69, 9.17) is 9.47 Å². The van der Waals surface area contributed by atoms with Gasteiger partial charge in [-0.1, -0.05) is 11.6 Å². The Morgan fingerprint density at radius 2 is 2.37 bits per heavy atom. The van der Waals surface area contributed by atoms with Crippen molar-refractivity contribution in [3.8, 4) is 0 Å². The van der Waals surface area contributed by atoms with Gasteiger partial charge in [0.25, 0.3) is 0 Å². The number of fused-ring (bicyclic) bond motifs is 1. The molecule has 19 heavy (non-hydrogen) atoms. The standard InChI is InChI=1S/C15H18O4/c1-2-18-13(17)11-7-14-5-3-4-9(14)6-10(11)12(16)15(14)8-19-15/h6,10-11H,2-5,7-8H2,1H3/t10-,11-,14-,15+/m1/s1. The van der Waals surface area contributed by atoms with Crippen LogP contribution >= 0.6 is 0 Å². The molecule has 0 unspecified atom stereocenters. The molecule has 0 aromatic rings. The molecule has 0 aromatic carbocycles. The molecule has 2 bridgehead atoms. The van der Waals surface area contributed by atoms with Gasteiger partial charge < -0.3 is 9.47 Å². The Hall–Kier alpha value is -1.16. The molecule has 102 valence electrons. The number of carbonyl (C=O) groups is 2. The van der Waals surface area contributed by atoms with Crippen LogP contribution in [0, 0.1) is 17.3 Å². The zero-order chi connectivity index (χ0) is 13.3. The predicted octanol–water partition coefficient (Wildman–Crippen LogP) is 1.63. The number of epoxide rings is 1. The van der Waals surface area contributed by atoms with Crippen molar-refractivity contribution in [2.24, 2.45) is 17.3 Å². The maximum atomic E-state index is 12.7. The van der Waals surface area contributed by atoms with Crippen LogP contribution < -0.4 is 0 Å². The molecule has 4 heteroatoms. The average Bonchev–Trinajstić information content (AvgIpc) is 3.09. The highest BCUT2D eigenvalue weighted by Gasteiger charge is 2.75. The summed E-state index contributed by atoms with van der Waals surface area (Å²) in [6.45, 7) is 2.73. The first-order valence-corrected chi connectivity index (χ1v) is 7.21. The highest BCUT2D eigenvalue weighted by molar-refractivity contribution is 6.00. The maximum Gasteiger partial charge on any atom is 0.310 e. The Bertz CT molecular complexity index is 502. The highest BCUT2D eigenvalue weighted by atomic mass is 16.6. The SMILES string of the molecule is CCOC(=O)[C@@H]1C[C@]23CCCC2=C[C@H]1C(=O)[C@@]31CO1. The lowest BCUT2D eigenvalue weighted by Crippen LogP contribution is -2.58. The van der Waals surface area contributed by atoms with Crippen LogP contribution in [-0.4, -0.2) is 30.6 Å². The van der Waals surface area contributed by atoms with Crippen LogP contribution in [0.15, 0.2) is 11.6 Å². The van der Waals surface area contributed by atoms with Gasteiger partial charge >= 0.3 is 5.97 Å². The smallest absolute Gasteiger partial charge is 0.310 e. The Balaban J connectivity index is 1.77. The van der Waals surface area contributed by atoms with E-state index < -0.39 is 5.60 Å². The Labute approximate surface area is 112 Å². The minimum Gasteiger partial charge on any atom is -0.466 e. The number of ketones is 1. The van der Waals surface area contributed by atoms with Gasteiger partial charge in [0.15, 0.2) is 11.4 Å². The van der Waals surface area contributed by atoms with Crippen LogP contribution in [0.5, 0.6) is 0 Å². The summed E-state index contributed by atoms with van der Waals surface area (Å²) in [7, 11) is 0. The Morgan fingerprint density at radius 3 is 3.05 bits per heavy atom. The number of Topliss-reactive ketones (excluding diaryl/α,β-unsaturated/α-hetero) is 1. The minimum absolute atomic E-state index is 0.127. The van der Waals surface area contributed by atoms with E-state index in [0.717, 1.165) is 25.7 Å². The first-order valence-electron chi connectivity index (χ1n) is 7.21. The third-order valence-corrected chi connectivity index (χ3v) is 5.54. The molecule has 1 aliphatic heterocycles. The highest BCUT2D eigenvalue weighted by Crippen LogP contribution is 2.68. The van der Waals surface area contributed by atoms with Crippen LogP contribution in [0.3, 0.4) is 0 Å². The molecule has 5 rings (SSSR count). The summed E-state index contributed by atoms with van der Waals surface area (Å²) in [4.78, 5) is 24.8.